The van der Waals surface area contributed by atoms with Gasteiger partial charge in [-0.3, -0.25) is 14.5 Å². The van der Waals surface area contributed by atoms with Crippen LogP contribution in [0.3, 0.4) is 0 Å². The summed E-state index contributed by atoms with van der Waals surface area (Å²) in [7, 11) is 1.89. The van der Waals surface area contributed by atoms with Crippen LogP contribution in [0.4, 0.5) is 4.39 Å². The summed E-state index contributed by atoms with van der Waals surface area (Å²) in [5.74, 6) is -0.710. The summed E-state index contributed by atoms with van der Waals surface area (Å²) >= 11 is 0. The van der Waals surface area contributed by atoms with Gasteiger partial charge in [-0.2, -0.15) is 5.10 Å². The molecule has 0 fully saturated rings. The molecule has 1 atom stereocenters. The van der Waals surface area contributed by atoms with Gasteiger partial charge in [-0.25, -0.2) is 4.39 Å². The molecule has 2 aromatic heterocycles. The van der Waals surface area contributed by atoms with Gasteiger partial charge in [0, 0.05) is 43.3 Å². The number of pyridine rings is 1. The Kier molecular flexibility index (Phi) is 6.78. The molecule has 6 nitrogen and oxygen atoms in total. The number of carbonyl (C=O) groups excluding carboxylic acids is 1. The quantitative estimate of drug-likeness (QED) is 0.425. The van der Waals surface area contributed by atoms with E-state index in [1.807, 2.05) is 56.6 Å². The largest absolute Gasteiger partial charge is 0.478 e. The molecular weight excluding hydrogens is 419 g/mol. The summed E-state index contributed by atoms with van der Waals surface area (Å²) in [4.78, 5) is 16.8. The number of aryl methyl sites for hydroxylation is 1. The summed E-state index contributed by atoms with van der Waals surface area (Å²) in [6.07, 6.45) is 5.13. The molecule has 0 saturated heterocycles. The average molecular weight is 445 g/mol. The number of ether oxygens (including phenoxy) is 1. The lowest BCUT2D eigenvalue weighted by molar-refractivity contribution is -0.128. The van der Waals surface area contributed by atoms with Crippen LogP contribution < -0.4 is 10.1 Å². The minimum atomic E-state index is -0.779. The van der Waals surface area contributed by atoms with E-state index in [1.165, 1.54) is 12.1 Å². The third kappa shape index (κ3) is 5.26. The zero-order chi connectivity index (χ0) is 23.2. The summed E-state index contributed by atoms with van der Waals surface area (Å²) in [6.45, 7) is 2.15. The molecule has 0 aliphatic carbocycles. The number of hydrogen-bond donors (Lipinski definition) is 1. The van der Waals surface area contributed by atoms with Gasteiger partial charge < -0.3 is 10.1 Å². The summed E-state index contributed by atoms with van der Waals surface area (Å²) < 4.78 is 21.3. The van der Waals surface area contributed by atoms with Crippen molar-refractivity contribution >= 4 is 5.91 Å². The van der Waals surface area contributed by atoms with E-state index in [9.17, 15) is 9.18 Å². The molecule has 33 heavy (non-hydrogen) atoms. The molecule has 1 N–H and O–H groups in total. The highest BCUT2D eigenvalue weighted by Gasteiger charge is 2.20. The van der Waals surface area contributed by atoms with Gasteiger partial charge in [0.05, 0.1) is 0 Å². The smallest absolute Gasteiger partial charge is 0.261 e. The number of hydrogen-bond acceptors (Lipinski definition) is 4. The van der Waals surface area contributed by atoms with Crippen molar-refractivity contribution in [3.05, 3.63) is 90.6 Å². The first-order valence-electron chi connectivity index (χ1n) is 10.8. The number of aromatic nitrogens is 3. The van der Waals surface area contributed by atoms with E-state index in [4.69, 9.17) is 4.74 Å². The van der Waals surface area contributed by atoms with Crippen LogP contribution in [0.1, 0.15) is 18.9 Å². The number of rotatable bonds is 8. The van der Waals surface area contributed by atoms with Gasteiger partial charge >= 0.3 is 0 Å². The number of carbonyl (C=O) groups is 1. The van der Waals surface area contributed by atoms with Crippen molar-refractivity contribution in [1.29, 1.82) is 0 Å². The first-order chi connectivity index (χ1) is 16.0. The molecule has 4 rings (SSSR count). The van der Waals surface area contributed by atoms with E-state index >= 15 is 0 Å². The number of halogens is 1. The Bertz CT molecular complexity index is 1240. The van der Waals surface area contributed by atoms with Crippen LogP contribution in [0.2, 0.25) is 0 Å². The van der Waals surface area contributed by atoms with E-state index in [-0.39, 0.29) is 11.7 Å². The monoisotopic (exact) mass is 444 g/mol. The number of nitrogens with one attached hydrogen (secondary N) is 1. The van der Waals surface area contributed by atoms with Gasteiger partial charge in [0.15, 0.2) is 17.7 Å². The van der Waals surface area contributed by atoms with Crippen LogP contribution in [0, 0.1) is 5.82 Å². The van der Waals surface area contributed by atoms with Crippen LogP contribution in [0.25, 0.3) is 22.4 Å². The Balaban J connectivity index is 1.48. The number of benzene rings is 2. The molecule has 4 aromatic rings. The normalized spacial score (nSPS) is 11.7. The topological polar surface area (TPSA) is 69.0 Å². The maximum absolute atomic E-state index is 13.9. The Morgan fingerprint density at radius 1 is 1.09 bits per heavy atom. The van der Waals surface area contributed by atoms with E-state index in [1.54, 1.807) is 29.2 Å². The molecule has 0 aliphatic heterocycles. The second-order valence-electron chi connectivity index (χ2n) is 7.66. The van der Waals surface area contributed by atoms with E-state index in [2.05, 4.69) is 15.4 Å². The van der Waals surface area contributed by atoms with Crippen molar-refractivity contribution in [3.8, 4) is 28.1 Å². The summed E-state index contributed by atoms with van der Waals surface area (Å²) in [5.41, 5.74) is 4.76. The molecule has 0 spiro atoms. The Morgan fingerprint density at radius 3 is 2.64 bits per heavy atom. The van der Waals surface area contributed by atoms with Crippen molar-refractivity contribution in [2.24, 2.45) is 7.05 Å². The van der Waals surface area contributed by atoms with E-state index < -0.39 is 11.9 Å². The fourth-order valence-electron chi connectivity index (χ4n) is 3.59. The minimum absolute atomic E-state index is 0.0697. The Hall–Kier alpha value is -4.00. The zero-order valence-corrected chi connectivity index (χ0v) is 18.5. The van der Waals surface area contributed by atoms with Gasteiger partial charge in [0.1, 0.15) is 5.69 Å². The SMILES string of the molecule is CC[C@@H](Oc1ccccc1F)C(=O)NCc1cccc(-c2nn(C)cc2-c2ccncc2)c1. The highest BCUT2D eigenvalue weighted by molar-refractivity contribution is 5.82. The maximum atomic E-state index is 13.9. The van der Waals surface area contributed by atoms with Gasteiger partial charge in [-0.15, -0.1) is 0 Å². The highest BCUT2D eigenvalue weighted by atomic mass is 19.1. The second-order valence-corrected chi connectivity index (χ2v) is 7.66. The van der Waals surface area contributed by atoms with Crippen LogP contribution >= 0.6 is 0 Å². The van der Waals surface area contributed by atoms with E-state index in [0.717, 1.165) is 27.9 Å². The third-order valence-electron chi connectivity index (χ3n) is 5.26. The molecule has 1 amide bonds. The van der Waals surface area contributed by atoms with Gasteiger partial charge in [0.25, 0.3) is 5.91 Å². The van der Waals surface area contributed by atoms with Crippen LogP contribution in [-0.2, 0) is 18.4 Å². The minimum Gasteiger partial charge on any atom is -0.478 e. The molecule has 0 radical (unpaired) electrons. The van der Waals surface area contributed by atoms with Crippen molar-refractivity contribution in [2.45, 2.75) is 26.0 Å². The second kappa shape index (κ2) is 10.1. The number of nitrogens with zero attached hydrogens (tertiary/aromatic N) is 3. The molecule has 0 bridgehead atoms. The van der Waals surface area contributed by atoms with Crippen LogP contribution in [0.5, 0.6) is 5.75 Å². The van der Waals surface area contributed by atoms with Crippen molar-refractivity contribution in [2.75, 3.05) is 0 Å². The lowest BCUT2D eigenvalue weighted by atomic mass is 10.0. The fraction of sp³-hybridized carbons (Fsp3) is 0.192. The Labute approximate surface area is 192 Å². The number of para-hydroxylation sites is 1. The number of amides is 1. The maximum Gasteiger partial charge on any atom is 0.261 e. The zero-order valence-electron chi connectivity index (χ0n) is 18.5. The summed E-state index contributed by atoms with van der Waals surface area (Å²) in [5, 5.41) is 7.54. The van der Waals surface area contributed by atoms with Crippen molar-refractivity contribution in [3.63, 3.8) is 0 Å². The lowest BCUT2D eigenvalue weighted by Crippen LogP contribution is -2.37. The molecule has 2 heterocycles. The predicted octanol–water partition coefficient (Wildman–Crippen LogP) is 4.76. The third-order valence-corrected chi connectivity index (χ3v) is 5.26. The molecule has 7 heteroatoms. The molecule has 0 aliphatic rings. The Morgan fingerprint density at radius 2 is 1.88 bits per heavy atom. The lowest BCUT2D eigenvalue weighted by Gasteiger charge is -2.17. The van der Waals surface area contributed by atoms with Gasteiger partial charge in [-0.1, -0.05) is 37.3 Å². The molecule has 2 aromatic carbocycles. The van der Waals surface area contributed by atoms with E-state index in [0.29, 0.717) is 13.0 Å². The molecule has 168 valence electrons. The molecular formula is C26H25FN4O2. The van der Waals surface area contributed by atoms with Crippen molar-refractivity contribution in [1.82, 2.24) is 20.1 Å². The van der Waals surface area contributed by atoms with Gasteiger partial charge in [0.2, 0.25) is 0 Å². The van der Waals surface area contributed by atoms with Crippen LogP contribution in [-0.4, -0.2) is 26.8 Å². The molecule has 0 unspecified atom stereocenters. The summed E-state index contributed by atoms with van der Waals surface area (Å²) in [6, 6.07) is 17.9. The predicted molar refractivity (Wildman–Crippen MR) is 125 cm³/mol. The fourth-order valence-corrected chi connectivity index (χ4v) is 3.59. The van der Waals surface area contributed by atoms with Gasteiger partial charge in [-0.05, 0) is 47.9 Å². The van der Waals surface area contributed by atoms with Crippen LogP contribution in [0.15, 0.2) is 79.3 Å². The highest BCUT2D eigenvalue weighted by Crippen LogP contribution is 2.31. The first kappa shape index (κ1) is 22.2. The van der Waals surface area contributed by atoms with Crippen molar-refractivity contribution < 1.29 is 13.9 Å². The first-order valence-corrected chi connectivity index (χ1v) is 10.8. The standard InChI is InChI=1S/C26H25FN4O2/c1-3-23(33-24-10-5-4-9-22(24)27)26(32)29-16-18-7-6-8-20(15-18)25-21(17-31(2)30-25)19-11-13-28-14-12-19/h4-15,17,23H,3,16H2,1-2H3,(H,29,32)/t23-/m1/s1. The molecule has 0 saturated carbocycles. The average Bonchev–Trinajstić information content (AvgIpc) is 3.24.